The molecule has 1 aromatic carbocycles. The predicted octanol–water partition coefficient (Wildman–Crippen LogP) is 3.15. The van der Waals surface area contributed by atoms with Crippen LogP contribution in [0.3, 0.4) is 0 Å². The van der Waals surface area contributed by atoms with Gasteiger partial charge < -0.3 is 14.2 Å². The van der Waals surface area contributed by atoms with Gasteiger partial charge >= 0.3 is 0 Å². The van der Waals surface area contributed by atoms with Gasteiger partial charge in [-0.2, -0.15) is 0 Å². The Kier molecular flexibility index (Phi) is 4.58. The van der Waals surface area contributed by atoms with Crippen LogP contribution in [0.25, 0.3) is 22.2 Å². The highest BCUT2D eigenvalue weighted by atomic mass is 16.5. The lowest BCUT2D eigenvalue weighted by Gasteiger charge is -2.21. The number of pyridine rings is 1. The highest BCUT2D eigenvalue weighted by Crippen LogP contribution is 2.33. The standard InChI is InChI=1S/C20H24N2O2/c1-21(2)11-7-9-16-15-8-5-6-10-17(15)22(3)18-12-14(24-4)13-19(23)20(16)18/h5-6,8,10,12-13H,7,9,11H2,1-4H3. The van der Waals surface area contributed by atoms with Crippen molar-refractivity contribution in [2.24, 2.45) is 7.05 Å². The molecule has 4 heteroatoms. The molecule has 0 aromatic heterocycles. The van der Waals surface area contributed by atoms with E-state index in [0.717, 1.165) is 47.1 Å². The lowest BCUT2D eigenvalue weighted by atomic mass is 9.93. The van der Waals surface area contributed by atoms with Crippen LogP contribution in [-0.4, -0.2) is 37.2 Å². The van der Waals surface area contributed by atoms with Crippen molar-refractivity contribution in [1.82, 2.24) is 9.47 Å². The largest absolute Gasteiger partial charge is 0.497 e. The minimum absolute atomic E-state index is 0.0329. The lowest BCUT2D eigenvalue weighted by molar-refractivity contribution is 0.400. The van der Waals surface area contributed by atoms with Crippen LogP contribution in [-0.2, 0) is 13.5 Å². The van der Waals surface area contributed by atoms with Gasteiger partial charge in [-0.1, -0.05) is 18.2 Å². The Hall–Kier alpha value is -2.33. The van der Waals surface area contributed by atoms with Crippen molar-refractivity contribution in [2.75, 3.05) is 27.7 Å². The summed E-state index contributed by atoms with van der Waals surface area (Å²) in [6.07, 6.45) is 1.91. The average Bonchev–Trinajstić information content (AvgIpc) is 2.57. The normalized spacial score (nSPS) is 11.5. The van der Waals surface area contributed by atoms with Gasteiger partial charge in [0.2, 0.25) is 0 Å². The first-order chi connectivity index (χ1) is 11.5. The van der Waals surface area contributed by atoms with E-state index in [-0.39, 0.29) is 5.43 Å². The molecule has 126 valence electrons. The number of ether oxygens (including phenoxy) is 1. The molecule has 0 bridgehead atoms. The molecule has 0 fully saturated rings. The molecular formula is C20H24N2O2. The van der Waals surface area contributed by atoms with Crippen LogP contribution in [0.2, 0.25) is 0 Å². The summed E-state index contributed by atoms with van der Waals surface area (Å²) in [5.41, 5.74) is 4.06. The van der Waals surface area contributed by atoms with Gasteiger partial charge in [0, 0.05) is 35.6 Å². The van der Waals surface area contributed by atoms with Gasteiger partial charge in [0.1, 0.15) is 5.75 Å². The molecule has 2 aliphatic rings. The molecule has 0 N–H and O–H groups in total. The summed E-state index contributed by atoms with van der Waals surface area (Å²) in [4.78, 5) is 14.9. The molecule has 0 radical (unpaired) electrons. The highest BCUT2D eigenvalue weighted by Gasteiger charge is 2.19. The summed E-state index contributed by atoms with van der Waals surface area (Å²) in [7, 11) is 7.75. The van der Waals surface area contributed by atoms with Crippen LogP contribution in [0, 0.1) is 0 Å². The van der Waals surface area contributed by atoms with E-state index in [2.05, 4.69) is 35.7 Å². The molecule has 1 aliphatic carbocycles. The fraction of sp³-hybridized carbons (Fsp3) is 0.350. The topological polar surface area (TPSA) is 34.5 Å². The molecule has 1 aliphatic heterocycles. The van der Waals surface area contributed by atoms with E-state index in [1.54, 1.807) is 13.2 Å². The molecular weight excluding hydrogens is 300 g/mol. The van der Waals surface area contributed by atoms with Crippen LogP contribution in [0.15, 0.2) is 41.2 Å². The Balaban J connectivity index is 2.29. The quantitative estimate of drug-likeness (QED) is 0.676. The van der Waals surface area contributed by atoms with E-state index in [0.29, 0.717) is 5.75 Å². The first-order valence-electron chi connectivity index (χ1n) is 8.26. The number of aryl methyl sites for hydroxylation is 2. The second-order valence-electron chi connectivity index (χ2n) is 6.48. The summed E-state index contributed by atoms with van der Waals surface area (Å²) in [5.74, 6) is 0.609. The summed E-state index contributed by atoms with van der Waals surface area (Å²) in [6, 6.07) is 11.8. The number of methoxy groups -OCH3 is 1. The summed E-state index contributed by atoms with van der Waals surface area (Å²) >= 11 is 0. The Morgan fingerprint density at radius 1 is 1.17 bits per heavy atom. The van der Waals surface area contributed by atoms with Crippen molar-refractivity contribution >= 4 is 10.9 Å². The second-order valence-corrected chi connectivity index (χ2v) is 6.48. The summed E-state index contributed by atoms with van der Waals surface area (Å²) < 4.78 is 7.39. The number of rotatable bonds is 5. The lowest BCUT2D eigenvalue weighted by Crippen LogP contribution is -2.17. The molecule has 3 rings (SSSR count). The van der Waals surface area contributed by atoms with Crippen molar-refractivity contribution in [3.63, 3.8) is 0 Å². The SMILES string of the molecule is COc1cc2n(C)c3ccccc3c(CCCN(C)C)c-2c(=O)c1. The maximum absolute atomic E-state index is 12.8. The predicted molar refractivity (Wildman–Crippen MR) is 99.2 cm³/mol. The number of aromatic nitrogens is 1. The van der Waals surface area contributed by atoms with Crippen LogP contribution in [0.4, 0.5) is 0 Å². The third-order valence-corrected chi connectivity index (χ3v) is 4.58. The van der Waals surface area contributed by atoms with Crippen LogP contribution >= 0.6 is 0 Å². The number of benzene rings is 2. The third kappa shape index (κ3) is 2.89. The van der Waals surface area contributed by atoms with Crippen molar-refractivity contribution in [3.05, 3.63) is 52.2 Å². The zero-order valence-corrected chi connectivity index (χ0v) is 14.8. The van der Waals surface area contributed by atoms with E-state index in [9.17, 15) is 4.79 Å². The van der Waals surface area contributed by atoms with Crippen LogP contribution < -0.4 is 10.2 Å². The zero-order valence-electron chi connectivity index (χ0n) is 14.8. The van der Waals surface area contributed by atoms with Crippen molar-refractivity contribution in [2.45, 2.75) is 12.8 Å². The molecule has 0 atom stereocenters. The van der Waals surface area contributed by atoms with Crippen molar-refractivity contribution in [3.8, 4) is 17.0 Å². The van der Waals surface area contributed by atoms with Crippen LogP contribution in [0.1, 0.15) is 12.0 Å². The number of para-hydroxylation sites is 1. The molecule has 0 unspecified atom stereocenters. The van der Waals surface area contributed by atoms with Crippen molar-refractivity contribution < 1.29 is 4.74 Å². The maximum Gasteiger partial charge on any atom is 0.191 e. The molecule has 0 saturated heterocycles. The van der Waals surface area contributed by atoms with Crippen molar-refractivity contribution in [1.29, 1.82) is 0 Å². The number of fused-ring (bicyclic) bond motifs is 2. The molecule has 0 saturated carbocycles. The van der Waals surface area contributed by atoms with Gasteiger partial charge in [-0.3, -0.25) is 4.79 Å². The van der Waals surface area contributed by atoms with Gasteiger partial charge in [-0.15, -0.1) is 0 Å². The Morgan fingerprint density at radius 2 is 1.92 bits per heavy atom. The van der Waals surface area contributed by atoms with Crippen LogP contribution in [0.5, 0.6) is 5.75 Å². The molecule has 24 heavy (non-hydrogen) atoms. The Bertz CT molecular complexity index is 896. The minimum atomic E-state index is 0.0329. The van der Waals surface area contributed by atoms with Gasteiger partial charge in [0.25, 0.3) is 0 Å². The van der Waals surface area contributed by atoms with Gasteiger partial charge in [0.15, 0.2) is 5.43 Å². The van der Waals surface area contributed by atoms with E-state index >= 15 is 0 Å². The first-order valence-corrected chi connectivity index (χ1v) is 8.26. The zero-order chi connectivity index (χ0) is 17.3. The molecule has 1 heterocycles. The van der Waals surface area contributed by atoms with Gasteiger partial charge in [-0.05, 0) is 45.1 Å². The molecule has 0 spiro atoms. The summed E-state index contributed by atoms with van der Waals surface area (Å²) in [5, 5.41) is 1.16. The van der Waals surface area contributed by atoms with E-state index in [1.165, 1.54) is 0 Å². The number of hydrogen-bond donors (Lipinski definition) is 0. The molecule has 0 amide bonds. The maximum atomic E-state index is 12.8. The fourth-order valence-corrected chi connectivity index (χ4v) is 3.38. The Morgan fingerprint density at radius 3 is 2.62 bits per heavy atom. The minimum Gasteiger partial charge on any atom is -0.497 e. The monoisotopic (exact) mass is 324 g/mol. The fourth-order valence-electron chi connectivity index (χ4n) is 3.38. The number of nitrogens with zero attached hydrogens (tertiary/aromatic N) is 2. The van der Waals surface area contributed by atoms with Gasteiger partial charge in [0.05, 0.1) is 12.8 Å². The van der Waals surface area contributed by atoms with E-state index < -0.39 is 0 Å². The Labute approximate surface area is 142 Å². The van der Waals surface area contributed by atoms with E-state index in [4.69, 9.17) is 4.74 Å². The first kappa shape index (κ1) is 16.5. The summed E-state index contributed by atoms with van der Waals surface area (Å²) in [6.45, 7) is 1.00. The second kappa shape index (κ2) is 6.65. The third-order valence-electron chi connectivity index (χ3n) is 4.58. The average molecular weight is 324 g/mol. The molecule has 1 aromatic rings. The number of hydrogen-bond acceptors (Lipinski definition) is 3. The highest BCUT2D eigenvalue weighted by molar-refractivity contribution is 5.91. The van der Waals surface area contributed by atoms with Gasteiger partial charge in [-0.25, -0.2) is 0 Å². The smallest absolute Gasteiger partial charge is 0.191 e. The molecule has 4 nitrogen and oxygen atoms in total. The van der Waals surface area contributed by atoms with E-state index in [1.807, 2.05) is 25.2 Å².